The fourth-order valence-corrected chi connectivity index (χ4v) is 0.261. The highest BCUT2D eigenvalue weighted by Crippen LogP contribution is 1.77. The summed E-state index contributed by atoms with van der Waals surface area (Å²) in [7, 11) is 0. The molecule has 0 spiro atoms. The molecular formula is C3H6Cl2N2O2. The van der Waals surface area contributed by atoms with Crippen molar-refractivity contribution in [3.05, 3.63) is 0 Å². The molecule has 0 unspecified atom stereocenters. The highest BCUT2D eigenvalue weighted by atomic mass is 35.5. The summed E-state index contributed by atoms with van der Waals surface area (Å²) in [6, 6.07) is 0. The number of alkyl halides is 1. The van der Waals surface area contributed by atoms with Crippen LogP contribution in [0.2, 0.25) is 0 Å². The first-order chi connectivity index (χ1) is 3.72. The van der Waals surface area contributed by atoms with Crippen molar-refractivity contribution in [1.29, 1.82) is 0 Å². The molecule has 54 valence electrons. The van der Waals surface area contributed by atoms with Gasteiger partial charge in [0.05, 0.1) is 5.88 Å². The third-order valence-corrected chi connectivity index (χ3v) is 0.758. The lowest BCUT2D eigenvalue weighted by Gasteiger charge is -1.87. The van der Waals surface area contributed by atoms with Crippen LogP contribution in [0.5, 0.6) is 0 Å². The number of nitrogens with zero attached hydrogens (tertiary/aromatic N) is 1. The van der Waals surface area contributed by atoms with Crippen LogP contribution < -0.4 is 5.73 Å². The van der Waals surface area contributed by atoms with Crippen LogP contribution in [0, 0.1) is 0 Å². The van der Waals surface area contributed by atoms with Crippen LogP contribution in [-0.2, 0) is 4.79 Å². The summed E-state index contributed by atoms with van der Waals surface area (Å²) in [5, 5.41) is 10.2. The lowest BCUT2D eigenvalue weighted by atomic mass is 10.4. The van der Waals surface area contributed by atoms with Gasteiger partial charge in [-0.2, -0.15) is 0 Å². The zero-order valence-electron chi connectivity index (χ0n) is 4.37. The van der Waals surface area contributed by atoms with E-state index < -0.39 is 11.6 Å². The molecule has 0 radical (unpaired) electrons. The highest BCUT2D eigenvalue weighted by Gasteiger charge is 2.03. The maximum atomic E-state index is 10.2. The molecule has 0 saturated carbocycles. The molecule has 0 aromatic rings. The van der Waals surface area contributed by atoms with Gasteiger partial charge in [0.25, 0.3) is 0 Å². The summed E-state index contributed by atoms with van der Waals surface area (Å²) >= 11 is 5.00. The first-order valence-electron chi connectivity index (χ1n) is 1.79. The summed E-state index contributed by atoms with van der Waals surface area (Å²) in [5.74, 6) is -1.29. The predicted molar refractivity (Wildman–Crippen MR) is 36.4 cm³/mol. The van der Waals surface area contributed by atoms with Crippen molar-refractivity contribution in [2.45, 2.75) is 0 Å². The molecule has 0 bridgehead atoms. The van der Waals surface area contributed by atoms with Crippen LogP contribution in [-0.4, -0.2) is 22.7 Å². The number of hydrogen-bond acceptors (Lipinski definition) is 3. The van der Waals surface area contributed by atoms with E-state index in [2.05, 4.69) is 5.16 Å². The van der Waals surface area contributed by atoms with E-state index in [9.17, 15) is 4.79 Å². The van der Waals surface area contributed by atoms with Gasteiger partial charge in [-0.15, -0.1) is 24.0 Å². The number of nitrogens with two attached hydrogens (primary N) is 1. The SMILES string of the molecule is Cl.NC(=NO)C(=O)CCl. The molecule has 0 heterocycles. The Kier molecular flexibility index (Phi) is 7.12. The van der Waals surface area contributed by atoms with Crippen molar-refractivity contribution >= 4 is 35.6 Å². The Morgan fingerprint density at radius 1 is 1.78 bits per heavy atom. The van der Waals surface area contributed by atoms with Crippen LogP contribution in [0.25, 0.3) is 0 Å². The van der Waals surface area contributed by atoms with E-state index in [0.717, 1.165) is 0 Å². The summed E-state index contributed by atoms with van der Waals surface area (Å²) in [6.07, 6.45) is 0. The van der Waals surface area contributed by atoms with E-state index in [0.29, 0.717) is 0 Å². The molecule has 0 aromatic heterocycles. The van der Waals surface area contributed by atoms with Crippen molar-refractivity contribution in [2.24, 2.45) is 10.9 Å². The number of oxime groups is 1. The number of amidine groups is 1. The molecule has 0 aliphatic carbocycles. The number of carbonyl (C=O) groups is 1. The van der Waals surface area contributed by atoms with Gasteiger partial charge in [0.1, 0.15) is 0 Å². The number of carbonyl (C=O) groups excluding carboxylic acids is 1. The second kappa shape index (κ2) is 5.65. The molecular weight excluding hydrogens is 167 g/mol. The molecule has 3 N–H and O–H groups in total. The van der Waals surface area contributed by atoms with Crippen LogP contribution in [0.15, 0.2) is 5.16 Å². The molecule has 0 atom stereocenters. The number of Topliss-reactive ketones (excluding diaryl/α,β-unsaturated/α-hetero) is 1. The highest BCUT2D eigenvalue weighted by molar-refractivity contribution is 6.47. The minimum atomic E-state index is -0.575. The van der Waals surface area contributed by atoms with Gasteiger partial charge in [-0.1, -0.05) is 5.16 Å². The van der Waals surface area contributed by atoms with Crippen LogP contribution in [0.1, 0.15) is 0 Å². The monoisotopic (exact) mass is 172 g/mol. The van der Waals surface area contributed by atoms with E-state index in [1.807, 2.05) is 0 Å². The van der Waals surface area contributed by atoms with Gasteiger partial charge >= 0.3 is 0 Å². The van der Waals surface area contributed by atoms with Crippen molar-refractivity contribution in [2.75, 3.05) is 5.88 Å². The van der Waals surface area contributed by atoms with E-state index in [1.54, 1.807) is 0 Å². The Balaban J connectivity index is 0. The lowest BCUT2D eigenvalue weighted by molar-refractivity contribution is -0.111. The summed E-state index contributed by atoms with van der Waals surface area (Å²) in [6.45, 7) is 0. The minimum Gasteiger partial charge on any atom is -0.409 e. The fraction of sp³-hybridized carbons (Fsp3) is 0.333. The molecule has 0 rings (SSSR count). The summed E-state index contributed by atoms with van der Waals surface area (Å²) < 4.78 is 0. The molecule has 9 heavy (non-hydrogen) atoms. The van der Waals surface area contributed by atoms with Crippen LogP contribution >= 0.6 is 24.0 Å². The Morgan fingerprint density at radius 2 is 2.22 bits per heavy atom. The third kappa shape index (κ3) is 4.05. The van der Waals surface area contributed by atoms with Crippen molar-refractivity contribution in [3.63, 3.8) is 0 Å². The largest absolute Gasteiger partial charge is 0.409 e. The molecule has 0 fully saturated rings. The predicted octanol–water partition coefficient (Wildman–Crippen LogP) is -0.0375. The minimum absolute atomic E-state index is 0. The topological polar surface area (TPSA) is 75.7 Å². The van der Waals surface area contributed by atoms with E-state index in [1.165, 1.54) is 0 Å². The lowest BCUT2D eigenvalue weighted by Crippen LogP contribution is -2.24. The number of halogens is 2. The van der Waals surface area contributed by atoms with Gasteiger partial charge in [-0.05, 0) is 0 Å². The number of ketones is 1. The second-order valence-electron chi connectivity index (χ2n) is 1.04. The number of hydrogen-bond donors (Lipinski definition) is 2. The number of rotatable bonds is 2. The molecule has 0 aliphatic rings. The molecule has 0 saturated heterocycles. The van der Waals surface area contributed by atoms with Gasteiger partial charge in [-0.3, -0.25) is 4.79 Å². The van der Waals surface area contributed by atoms with Crippen molar-refractivity contribution < 1.29 is 10.0 Å². The van der Waals surface area contributed by atoms with Crippen LogP contribution in [0.3, 0.4) is 0 Å². The normalized spacial score (nSPS) is 10.1. The fourth-order valence-electron chi connectivity index (χ4n) is 0.124. The van der Waals surface area contributed by atoms with E-state index in [4.69, 9.17) is 22.5 Å². The molecule has 6 heteroatoms. The summed E-state index contributed by atoms with van der Waals surface area (Å²) in [5.41, 5.74) is 4.79. The Morgan fingerprint density at radius 3 is 2.33 bits per heavy atom. The van der Waals surface area contributed by atoms with E-state index >= 15 is 0 Å². The van der Waals surface area contributed by atoms with Crippen molar-refractivity contribution in [1.82, 2.24) is 0 Å². The van der Waals surface area contributed by atoms with Gasteiger partial charge in [-0.25, -0.2) is 0 Å². The average molecular weight is 173 g/mol. The third-order valence-electron chi connectivity index (χ3n) is 0.515. The Hall–Kier alpha value is -0.480. The Labute approximate surface area is 63.1 Å². The second-order valence-corrected chi connectivity index (χ2v) is 1.31. The van der Waals surface area contributed by atoms with Gasteiger partial charge in [0, 0.05) is 0 Å². The van der Waals surface area contributed by atoms with E-state index in [-0.39, 0.29) is 18.3 Å². The van der Waals surface area contributed by atoms with Gasteiger partial charge in [0.15, 0.2) is 0 Å². The molecule has 4 nitrogen and oxygen atoms in total. The molecule has 0 aromatic carbocycles. The van der Waals surface area contributed by atoms with Gasteiger partial charge in [0.2, 0.25) is 11.6 Å². The summed E-state index contributed by atoms with van der Waals surface area (Å²) in [4.78, 5) is 10.2. The standard InChI is InChI=1S/C3H5ClN2O2.ClH/c4-1-2(7)3(5)6-8;/h8H,1H2,(H2,5,6);1H. The Bertz CT molecular complexity index is 125. The zero-order chi connectivity index (χ0) is 6.57. The maximum absolute atomic E-state index is 10.2. The van der Waals surface area contributed by atoms with Gasteiger partial charge < -0.3 is 10.9 Å². The first kappa shape index (κ1) is 11.3. The quantitative estimate of drug-likeness (QED) is 0.202. The molecule has 0 aliphatic heterocycles. The zero-order valence-corrected chi connectivity index (χ0v) is 5.95. The first-order valence-corrected chi connectivity index (χ1v) is 2.32. The average Bonchev–Trinajstić information content (AvgIpc) is 1.84. The smallest absolute Gasteiger partial charge is 0.215 e. The van der Waals surface area contributed by atoms with Crippen LogP contribution in [0.4, 0.5) is 0 Å². The van der Waals surface area contributed by atoms with Crippen molar-refractivity contribution in [3.8, 4) is 0 Å². The molecule has 0 amide bonds. The maximum Gasteiger partial charge on any atom is 0.215 e.